The summed E-state index contributed by atoms with van der Waals surface area (Å²) in [4.78, 5) is 0. The number of anilines is 1. The van der Waals surface area contributed by atoms with Gasteiger partial charge in [-0.15, -0.1) is 11.5 Å². The predicted octanol–water partition coefficient (Wildman–Crippen LogP) is 5.01. The number of benzene rings is 2. The van der Waals surface area contributed by atoms with Crippen LogP contribution in [-0.2, 0) is 0 Å². The Bertz CT molecular complexity index is 1060. The Kier molecular flexibility index (Phi) is 6.51. The van der Waals surface area contributed by atoms with Crippen LogP contribution in [0.15, 0.2) is 42.5 Å². The van der Waals surface area contributed by atoms with Gasteiger partial charge < -0.3 is 10.1 Å². The van der Waals surface area contributed by atoms with E-state index in [0.717, 1.165) is 35.7 Å². The largest absolute Gasteiger partial charge is 0.481 e. The number of tetrazole rings is 1. The number of nitrogens with zero attached hydrogens (tertiary/aromatic N) is 4. The van der Waals surface area contributed by atoms with E-state index in [1.54, 1.807) is 0 Å². The molecule has 0 bridgehead atoms. The minimum Gasteiger partial charge on any atom is -0.481 e. The molecular formula is C25H29N5O. The molecule has 1 N–H and O–H groups in total. The molecule has 1 unspecified atom stereocenters. The second-order valence-electron chi connectivity index (χ2n) is 8.20. The smallest absolute Gasteiger partial charge is 0.178 e. The van der Waals surface area contributed by atoms with Crippen LogP contribution in [-0.4, -0.2) is 26.8 Å². The van der Waals surface area contributed by atoms with Crippen molar-refractivity contribution < 1.29 is 4.74 Å². The number of aryl methyl sites for hydroxylation is 2. The monoisotopic (exact) mass is 415 g/mol. The lowest BCUT2D eigenvalue weighted by atomic mass is 9.95. The van der Waals surface area contributed by atoms with Gasteiger partial charge in [-0.1, -0.05) is 61.1 Å². The van der Waals surface area contributed by atoms with Gasteiger partial charge in [0.25, 0.3) is 0 Å². The minimum atomic E-state index is -0.271. The summed E-state index contributed by atoms with van der Waals surface area (Å²) in [5.41, 5.74) is 4.40. The molecule has 4 rings (SSSR count). The van der Waals surface area contributed by atoms with Crippen LogP contribution in [0.3, 0.4) is 0 Å². The molecule has 1 aliphatic carbocycles. The van der Waals surface area contributed by atoms with E-state index in [-0.39, 0.29) is 12.6 Å². The first-order chi connectivity index (χ1) is 15.2. The molecule has 0 radical (unpaired) electrons. The number of ether oxygens (including phenoxy) is 1. The summed E-state index contributed by atoms with van der Waals surface area (Å²) in [5.74, 6) is 4.09. The van der Waals surface area contributed by atoms with Crippen molar-refractivity contribution in [3.05, 3.63) is 65.0 Å². The van der Waals surface area contributed by atoms with E-state index >= 15 is 0 Å². The molecule has 160 valence electrons. The average Bonchev–Trinajstić information content (AvgIpc) is 3.28. The fourth-order valence-corrected chi connectivity index (χ4v) is 4.36. The van der Waals surface area contributed by atoms with E-state index in [4.69, 9.17) is 11.2 Å². The number of hydrogen-bond donors (Lipinski definition) is 1. The molecule has 1 fully saturated rings. The topological polar surface area (TPSA) is 64.9 Å². The van der Waals surface area contributed by atoms with Gasteiger partial charge in [-0.05, 0) is 54.8 Å². The number of rotatable bonds is 7. The summed E-state index contributed by atoms with van der Waals surface area (Å²) in [6, 6.07) is 14.4. The maximum Gasteiger partial charge on any atom is 0.178 e. The molecule has 1 heterocycles. The third kappa shape index (κ3) is 4.72. The van der Waals surface area contributed by atoms with Crippen molar-refractivity contribution in [1.82, 2.24) is 20.2 Å². The van der Waals surface area contributed by atoms with Gasteiger partial charge in [-0.3, -0.25) is 0 Å². The zero-order valence-corrected chi connectivity index (χ0v) is 18.2. The second kappa shape index (κ2) is 9.65. The Hall–Kier alpha value is -3.33. The highest BCUT2D eigenvalue weighted by molar-refractivity contribution is 5.56. The molecule has 31 heavy (non-hydrogen) atoms. The van der Waals surface area contributed by atoms with Crippen LogP contribution in [0, 0.1) is 26.2 Å². The molecular weight excluding hydrogens is 386 g/mol. The van der Waals surface area contributed by atoms with Crippen LogP contribution in [0.1, 0.15) is 66.7 Å². The Balaban J connectivity index is 1.78. The summed E-state index contributed by atoms with van der Waals surface area (Å²) in [6.07, 6.45) is 11.3. The van der Waals surface area contributed by atoms with Crippen molar-refractivity contribution in [3.8, 4) is 18.1 Å². The van der Waals surface area contributed by atoms with E-state index < -0.39 is 0 Å². The number of hydrogen-bond acceptors (Lipinski definition) is 5. The molecule has 6 heteroatoms. The number of nitrogens with one attached hydrogen (secondary N) is 1. The van der Waals surface area contributed by atoms with E-state index in [1.807, 2.05) is 28.9 Å². The number of para-hydroxylation sites is 1. The lowest BCUT2D eigenvalue weighted by molar-refractivity contribution is 0.314. The summed E-state index contributed by atoms with van der Waals surface area (Å²) in [5, 5.41) is 16.6. The van der Waals surface area contributed by atoms with E-state index in [9.17, 15) is 0 Å². The SMILES string of the molecule is C#CCOc1ccccc1C(Nc1ccc(C)cc1C)c1nnnn1C1CCCCC1. The van der Waals surface area contributed by atoms with Crippen LogP contribution in [0.5, 0.6) is 5.75 Å². The molecule has 6 nitrogen and oxygen atoms in total. The molecule has 3 aromatic rings. The van der Waals surface area contributed by atoms with Gasteiger partial charge in [0, 0.05) is 11.3 Å². The molecule has 0 aliphatic heterocycles. The molecule has 2 aromatic carbocycles. The maximum atomic E-state index is 5.88. The van der Waals surface area contributed by atoms with Crippen LogP contribution in [0.25, 0.3) is 0 Å². The Morgan fingerprint density at radius 2 is 1.97 bits per heavy atom. The van der Waals surface area contributed by atoms with Crippen molar-refractivity contribution >= 4 is 5.69 Å². The highest BCUT2D eigenvalue weighted by atomic mass is 16.5. The van der Waals surface area contributed by atoms with Gasteiger partial charge in [-0.2, -0.15) is 0 Å². The Morgan fingerprint density at radius 1 is 1.16 bits per heavy atom. The predicted molar refractivity (Wildman–Crippen MR) is 122 cm³/mol. The van der Waals surface area contributed by atoms with Crippen molar-refractivity contribution in [2.24, 2.45) is 0 Å². The van der Waals surface area contributed by atoms with Crippen LogP contribution < -0.4 is 10.1 Å². The summed E-state index contributed by atoms with van der Waals surface area (Å²) >= 11 is 0. The normalized spacial score (nSPS) is 15.3. The quantitative estimate of drug-likeness (QED) is 0.550. The fraction of sp³-hybridized carbons (Fsp3) is 0.400. The number of terminal acetylenes is 1. The van der Waals surface area contributed by atoms with Gasteiger partial charge in [0.2, 0.25) is 0 Å². The summed E-state index contributed by atoms with van der Waals surface area (Å²) < 4.78 is 7.90. The number of aromatic nitrogens is 4. The van der Waals surface area contributed by atoms with Gasteiger partial charge >= 0.3 is 0 Å². The second-order valence-corrected chi connectivity index (χ2v) is 8.20. The lowest BCUT2D eigenvalue weighted by Crippen LogP contribution is -2.23. The van der Waals surface area contributed by atoms with Gasteiger partial charge in [0.1, 0.15) is 18.4 Å². The first kappa shape index (κ1) is 20.9. The van der Waals surface area contributed by atoms with Crippen LogP contribution >= 0.6 is 0 Å². The van der Waals surface area contributed by atoms with Crippen LogP contribution in [0.2, 0.25) is 0 Å². The molecule has 0 spiro atoms. The highest BCUT2D eigenvalue weighted by Crippen LogP contribution is 2.36. The Labute approximate surface area is 184 Å². The standard InChI is InChI=1S/C25H29N5O/c1-4-16-31-23-13-9-8-12-21(23)24(26-22-15-14-18(2)17-19(22)3)25-27-28-29-30(25)20-10-6-5-7-11-20/h1,8-9,12-15,17,20,24,26H,5-7,10-11,16H2,2-3H3. The highest BCUT2D eigenvalue weighted by Gasteiger charge is 2.28. The molecule has 1 aromatic heterocycles. The van der Waals surface area contributed by atoms with E-state index in [1.165, 1.54) is 30.4 Å². The molecule has 0 amide bonds. The summed E-state index contributed by atoms with van der Waals surface area (Å²) in [7, 11) is 0. The van der Waals surface area contributed by atoms with Crippen molar-refractivity contribution in [2.75, 3.05) is 11.9 Å². The average molecular weight is 416 g/mol. The van der Waals surface area contributed by atoms with Gasteiger partial charge in [0.15, 0.2) is 5.82 Å². The summed E-state index contributed by atoms with van der Waals surface area (Å²) in [6.45, 7) is 4.42. The van der Waals surface area contributed by atoms with E-state index in [0.29, 0.717) is 6.04 Å². The first-order valence-corrected chi connectivity index (χ1v) is 10.9. The third-order valence-electron chi connectivity index (χ3n) is 5.92. The molecule has 1 aliphatic rings. The maximum absolute atomic E-state index is 5.88. The minimum absolute atomic E-state index is 0.209. The fourth-order valence-electron chi connectivity index (χ4n) is 4.36. The van der Waals surface area contributed by atoms with E-state index in [2.05, 4.69) is 58.8 Å². The molecule has 1 atom stereocenters. The zero-order valence-electron chi connectivity index (χ0n) is 18.2. The Morgan fingerprint density at radius 3 is 2.74 bits per heavy atom. The third-order valence-corrected chi connectivity index (χ3v) is 5.92. The molecule has 1 saturated carbocycles. The zero-order chi connectivity index (χ0) is 21.6. The van der Waals surface area contributed by atoms with Crippen molar-refractivity contribution in [1.29, 1.82) is 0 Å². The van der Waals surface area contributed by atoms with Crippen molar-refractivity contribution in [2.45, 2.75) is 58.0 Å². The van der Waals surface area contributed by atoms with Crippen LogP contribution in [0.4, 0.5) is 5.69 Å². The van der Waals surface area contributed by atoms with Gasteiger partial charge in [-0.25, -0.2) is 4.68 Å². The van der Waals surface area contributed by atoms with Crippen molar-refractivity contribution in [3.63, 3.8) is 0 Å². The first-order valence-electron chi connectivity index (χ1n) is 10.9. The van der Waals surface area contributed by atoms with Gasteiger partial charge in [0.05, 0.1) is 6.04 Å². The lowest BCUT2D eigenvalue weighted by Gasteiger charge is -2.27. The molecule has 0 saturated heterocycles.